The van der Waals surface area contributed by atoms with Gasteiger partial charge in [0.2, 0.25) is 0 Å². The van der Waals surface area contributed by atoms with Gasteiger partial charge in [0.25, 0.3) is 0 Å². The summed E-state index contributed by atoms with van der Waals surface area (Å²) < 4.78 is 5.97. The molecule has 0 aliphatic heterocycles. The van der Waals surface area contributed by atoms with Gasteiger partial charge < -0.3 is 10.5 Å². The lowest BCUT2D eigenvalue weighted by Crippen LogP contribution is -2.18. The Labute approximate surface area is 121 Å². The summed E-state index contributed by atoms with van der Waals surface area (Å²) in [6.45, 7) is 8.29. The molecule has 2 aromatic carbocycles. The quantitative estimate of drug-likeness (QED) is 0.898. The molecule has 1 atom stereocenters. The Hall–Kier alpha value is -1.80. The summed E-state index contributed by atoms with van der Waals surface area (Å²) >= 11 is 0. The van der Waals surface area contributed by atoms with Crippen molar-refractivity contribution in [2.45, 2.75) is 40.2 Å². The van der Waals surface area contributed by atoms with Gasteiger partial charge in [0.15, 0.2) is 0 Å². The summed E-state index contributed by atoms with van der Waals surface area (Å²) in [6, 6.07) is 12.6. The van der Waals surface area contributed by atoms with Crippen molar-refractivity contribution in [1.82, 2.24) is 0 Å². The van der Waals surface area contributed by atoms with Crippen molar-refractivity contribution in [2.75, 3.05) is 0 Å². The van der Waals surface area contributed by atoms with Crippen molar-refractivity contribution in [2.24, 2.45) is 5.73 Å². The SMILES string of the molecule is Cc1ccc(Oc2ccc(CC(C)N)c(C)c2)c(C)c1. The van der Waals surface area contributed by atoms with Crippen LogP contribution in [0.25, 0.3) is 0 Å². The average molecular weight is 269 g/mol. The van der Waals surface area contributed by atoms with E-state index in [0.29, 0.717) is 0 Å². The Morgan fingerprint density at radius 1 is 1.00 bits per heavy atom. The molecule has 1 unspecified atom stereocenters. The van der Waals surface area contributed by atoms with E-state index in [1.54, 1.807) is 0 Å². The van der Waals surface area contributed by atoms with Crippen LogP contribution >= 0.6 is 0 Å². The predicted molar refractivity (Wildman–Crippen MR) is 84.5 cm³/mol. The topological polar surface area (TPSA) is 35.2 Å². The molecule has 0 aliphatic rings. The first-order valence-corrected chi connectivity index (χ1v) is 7.06. The number of ether oxygens (including phenoxy) is 1. The zero-order chi connectivity index (χ0) is 14.7. The van der Waals surface area contributed by atoms with Gasteiger partial charge in [-0.15, -0.1) is 0 Å². The highest BCUT2D eigenvalue weighted by molar-refractivity contribution is 5.42. The number of rotatable bonds is 4. The molecule has 0 aliphatic carbocycles. The fourth-order valence-corrected chi connectivity index (χ4v) is 2.35. The third-order valence-electron chi connectivity index (χ3n) is 3.41. The molecule has 0 aromatic heterocycles. The smallest absolute Gasteiger partial charge is 0.130 e. The minimum atomic E-state index is 0.180. The third kappa shape index (κ3) is 3.61. The van der Waals surface area contributed by atoms with Crippen LogP contribution in [0.15, 0.2) is 36.4 Å². The molecule has 2 aromatic rings. The zero-order valence-corrected chi connectivity index (χ0v) is 12.7. The van der Waals surface area contributed by atoms with E-state index in [9.17, 15) is 0 Å². The summed E-state index contributed by atoms with van der Waals surface area (Å²) in [5, 5.41) is 0. The van der Waals surface area contributed by atoms with Gasteiger partial charge in [0.05, 0.1) is 0 Å². The maximum absolute atomic E-state index is 5.97. The van der Waals surface area contributed by atoms with E-state index < -0.39 is 0 Å². The lowest BCUT2D eigenvalue weighted by molar-refractivity contribution is 0.478. The highest BCUT2D eigenvalue weighted by Gasteiger charge is 2.06. The molecule has 0 heterocycles. The Bertz CT molecular complexity index is 602. The minimum Gasteiger partial charge on any atom is -0.457 e. The van der Waals surface area contributed by atoms with Gasteiger partial charge >= 0.3 is 0 Å². The lowest BCUT2D eigenvalue weighted by Gasteiger charge is -2.13. The largest absolute Gasteiger partial charge is 0.457 e. The molecule has 0 fully saturated rings. The Morgan fingerprint density at radius 2 is 1.75 bits per heavy atom. The van der Waals surface area contributed by atoms with E-state index in [1.165, 1.54) is 16.7 Å². The van der Waals surface area contributed by atoms with Crippen LogP contribution in [0.5, 0.6) is 11.5 Å². The van der Waals surface area contributed by atoms with Crippen LogP contribution in [-0.4, -0.2) is 6.04 Å². The van der Waals surface area contributed by atoms with Gasteiger partial charge in [-0.2, -0.15) is 0 Å². The number of hydrogen-bond acceptors (Lipinski definition) is 2. The van der Waals surface area contributed by atoms with E-state index in [1.807, 2.05) is 19.1 Å². The van der Waals surface area contributed by atoms with Gasteiger partial charge in [0.1, 0.15) is 11.5 Å². The summed E-state index contributed by atoms with van der Waals surface area (Å²) in [5.74, 6) is 1.79. The number of aryl methyl sites for hydroxylation is 3. The van der Waals surface area contributed by atoms with Crippen molar-refractivity contribution in [3.05, 3.63) is 58.7 Å². The molecule has 0 saturated carbocycles. The molecule has 20 heavy (non-hydrogen) atoms. The van der Waals surface area contributed by atoms with Crippen LogP contribution in [0.3, 0.4) is 0 Å². The molecule has 0 amide bonds. The van der Waals surface area contributed by atoms with Gasteiger partial charge in [-0.3, -0.25) is 0 Å². The molecule has 0 saturated heterocycles. The first-order valence-electron chi connectivity index (χ1n) is 7.06. The molecule has 106 valence electrons. The number of hydrogen-bond donors (Lipinski definition) is 1. The van der Waals surface area contributed by atoms with Crippen molar-refractivity contribution in [3.63, 3.8) is 0 Å². The van der Waals surface area contributed by atoms with E-state index in [0.717, 1.165) is 23.5 Å². The van der Waals surface area contributed by atoms with Crippen LogP contribution in [0.4, 0.5) is 0 Å². The normalized spacial score (nSPS) is 12.2. The molecule has 2 heteroatoms. The number of nitrogens with two attached hydrogens (primary N) is 1. The Kier molecular flexibility index (Phi) is 4.46. The summed E-state index contributed by atoms with van der Waals surface area (Å²) in [5.41, 5.74) is 10.8. The summed E-state index contributed by atoms with van der Waals surface area (Å²) in [7, 11) is 0. The monoisotopic (exact) mass is 269 g/mol. The van der Waals surface area contributed by atoms with E-state index in [-0.39, 0.29) is 6.04 Å². The number of benzene rings is 2. The molecular weight excluding hydrogens is 246 g/mol. The summed E-state index contributed by atoms with van der Waals surface area (Å²) in [4.78, 5) is 0. The second kappa shape index (κ2) is 6.10. The third-order valence-corrected chi connectivity index (χ3v) is 3.41. The maximum Gasteiger partial charge on any atom is 0.130 e. The van der Waals surface area contributed by atoms with Crippen molar-refractivity contribution < 1.29 is 4.74 Å². The fraction of sp³-hybridized carbons (Fsp3) is 0.333. The predicted octanol–water partition coefficient (Wildman–Crippen LogP) is 4.29. The molecule has 2 rings (SSSR count). The first-order chi connectivity index (χ1) is 9.45. The molecule has 0 bridgehead atoms. The average Bonchev–Trinajstić information content (AvgIpc) is 2.36. The van der Waals surface area contributed by atoms with Gasteiger partial charge in [-0.05, 0) is 69.0 Å². The summed E-state index contributed by atoms with van der Waals surface area (Å²) in [6.07, 6.45) is 0.898. The van der Waals surface area contributed by atoms with Crippen molar-refractivity contribution in [3.8, 4) is 11.5 Å². The Morgan fingerprint density at radius 3 is 2.35 bits per heavy atom. The second-order valence-corrected chi connectivity index (χ2v) is 5.64. The van der Waals surface area contributed by atoms with Crippen molar-refractivity contribution >= 4 is 0 Å². The van der Waals surface area contributed by atoms with Crippen LogP contribution < -0.4 is 10.5 Å². The fourth-order valence-electron chi connectivity index (χ4n) is 2.35. The van der Waals surface area contributed by atoms with Gasteiger partial charge in [0, 0.05) is 6.04 Å². The van der Waals surface area contributed by atoms with Gasteiger partial charge in [-0.25, -0.2) is 0 Å². The molecular formula is C18H23NO. The first kappa shape index (κ1) is 14.6. The van der Waals surface area contributed by atoms with E-state index in [2.05, 4.69) is 45.0 Å². The maximum atomic E-state index is 5.97. The molecule has 0 radical (unpaired) electrons. The van der Waals surface area contributed by atoms with E-state index in [4.69, 9.17) is 10.5 Å². The van der Waals surface area contributed by atoms with Crippen LogP contribution in [-0.2, 0) is 6.42 Å². The Balaban J connectivity index is 2.20. The highest BCUT2D eigenvalue weighted by Crippen LogP contribution is 2.27. The molecule has 0 spiro atoms. The van der Waals surface area contributed by atoms with Crippen LogP contribution in [0.1, 0.15) is 29.2 Å². The van der Waals surface area contributed by atoms with Crippen molar-refractivity contribution in [1.29, 1.82) is 0 Å². The van der Waals surface area contributed by atoms with E-state index >= 15 is 0 Å². The second-order valence-electron chi connectivity index (χ2n) is 5.64. The van der Waals surface area contributed by atoms with Gasteiger partial charge in [-0.1, -0.05) is 23.8 Å². The molecule has 2 nitrogen and oxygen atoms in total. The minimum absolute atomic E-state index is 0.180. The highest BCUT2D eigenvalue weighted by atomic mass is 16.5. The van der Waals surface area contributed by atoms with Crippen LogP contribution in [0, 0.1) is 20.8 Å². The standard InChI is InChI=1S/C18H23NO/c1-12-5-8-18(14(3)9-12)20-17-7-6-16(11-15(4)19)13(2)10-17/h5-10,15H,11,19H2,1-4H3. The zero-order valence-electron chi connectivity index (χ0n) is 12.7. The van der Waals surface area contributed by atoms with Crippen LogP contribution in [0.2, 0.25) is 0 Å². The molecule has 2 N–H and O–H groups in total. The lowest BCUT2D eigenvalue weighted by atomic mass is 10.0.